The molecule has 0 amide bonds. The van der Waals surface area contributed by atoms with Crippen LogP contribution >= 0.6 is 0 Å². The lowest BCUT2D eigenvalue weighted by Gasteiger charge is -2.61. The van der Waals surface area contributed by atoms with Crippen LogP contribution in [0.3, 0.4) is 0 Å². The average Bonchev–Trinajstić information content (AvgIpc) is 3.49. The molecule has 4 saturated carbocycles. The molecule has 0 N–H and O–H groups in total. The number of hydrogen-bond donors (Lipinski definition) is 0. The zero-order valence-corrected chi connectivity index (χ0v) is 26.0. The van der Waals surface area contributed by atoms with Gasteiger partial charge in [0.1, 0.15) is 12.6 Å². The molecule has 0 saturated heterocycles. The van der Waals surface area contributed by atoms with Crippen LogP contribution in [0.25, 0.3) is 10.9 Å². The van der Waals surface area contributed by atoms with Crippen molar-refractivity contribution >= 4 is 16.9 Å². The van der Waals surface area contributed by atoms with E-state index in [1.165, 1.54) is 69.6 Å². The second-order valence-electron chi connectivity index (χ2n) is 15.6. The summed E-state index contributed by atoms with van der Waals surface area (Å²) in [6.45, 7) is 13.0. The number of aromatic nitrogens is 1. The van der Waals surface area contributed by atoms with Crippen molar-refractivity contribution in [3.8, 4) is 0 Å². The van der Waals surface area contributed by atoms with Crippen molar-refractivity contribution in [2.24, 2.45) is 52.3 Å². The molecular weight excluding hydrogens is 490 g/mol. The summed E-state index contributed by atoms with van der Waals surface area (Å²) in [5.41, 5.74) is 2.11. The van der Waals surface area contributed by atoms with E-state index in [0.29, 0.717) is 23.3 Å². The molecule has 0 bridgehead atoms. The number of nitrogens with zero attached hydrogens (tertiary/aromatic N) is 1. The van der Waals surface area contributed by atoms with Gasteiger partial charge in [0, 0.05) is 11.7 Å². The van der Waals surface area contributed by atoms with Gasteiger partial charge in [-0.3, -0.25) is 4.79 Å². The number of para-hydroxylation sites is 1. The molecule has 0 spiro atoms. The van der Waals surface area contributed by atoms with Gasteiger partial charge in [-0.15, -0.1) is 0 Å². The Morgan fingerprint density at radius 1 is 0.925 bits per heavy atom. The van der Waals surface area contributed by atoms with E-state index in [-0.39, 0.29) is 12.1 Å². The molecule has 3 heteroatoms. The number of hydrogen-bond acceptors (Lipinski definition) is 2. The third kappa shape index (κ3) is 5.06. The maximum atomic E-state index is 13.0. The van der Waals surface area contributed by atoms with E-state index in [0.717, 1.165) is 53.9 Å². The lowest BCUT2D eigenvalue weighted by Crippen LogP contribution is -2.54. The monoisotopic (exact) mass is 545 g/mol. The molecule has 0 radical (unpaired) electrons. The summed E-state index contributed by atoms with van der Waals surface area (Å²) in [6.07, 6.45) is 18.3. The Hall–Kier alpha value is -1.77. The lowest BCUT2D eigenvalue weighted by molar-refractivity contribution is -0.163. The summed E-state index contributed by atoms with van der Waals surface area (Å²) < 4.78 is 8.19. The Kier molecular flexibility index (Phi) is 7.90. The summed E-state index contributed by atoms with van der Waals surface area (Å²) in [5, 5.41) is 1.18. The van der Waals surface area contributed by atoms with E-state index in [1.54, 1.807) is 0 Å². The topological polar surface area (TPSA) is 31.2 Å². The third-order valence-corrected chi connectivity index (χ3v) is 13.1. The molecule has 4 aliphatic rings. The fraction of sp³-hybridized carbons (Fsp3) is 0.757. The summed E-state index contributed by atoms with van der Waals surface area (Å²) in [4.78, 5) is 13.0. The number of rotatable bonds is 8. The van der Waals surface area contributed by atoms with Crippen LogP contribution < -0.4 is 0 Å². The van der Waals surface area contributed by atoms with Crippen LogP contribution in [0.4, 0.5) is 0 Å². The molecule has 220 valence electrons. The quantitative estimate of drug-likeness (QED) is 0.309. The minimum absolute atomic E-state index is 0.0726. The van der Waals surface area contributed by atoms with Gasteiger partial charge in [0.15, 0.2) is 0 Å². The zero-order valence-electron chi connectivity index (χ0n) is 26.0. The molecule has 1 aromatic carbocycles. The van der Waals surface area contributed by atoms with Crippen molar-refractivity contribution < 1.29 is 9.53 Å². The molecule has 2 aromatic rings. The van der Waals surface area contributed by atoms with Crippen molar-refractivity contribution in [2.75, 3.05) is 0 Å². The predicted octanol–water partition coefficient (Wildman–Crippen LogP) is 9.67. The highest BCUT2D eigenvalue weighted by Crippen LogP contribution is 2.68. The van der Waals surface area contributed by atoms with Crippen LogP contribution in [0.15, 0.2) is 36.5 Å². The van der Waals surface area contributed by atoms with E-state index in [4.69, 9.17) is 4.74 Å². The summed E-state index contributed by atoms with van der Waals surface area (Å²) in [7, 11) is 0. The molecule has 4 aliphatic carbocycles. The van der Waals surface area contributed by atoms with Crippen molar-refractivity contribution in [3.63, 3.8) is 0 Å². The maximum Gasteiger partial charge on any atom is 0.326 e. The largest absolute Gasteiger partial charge is 0.461 e. The Balaban J connectivity index is 1.07. The molecular formula is C37H55NO2. The summed E-state index contributed by atoms with van der Waals surface area (Å²) >= 11 is 0. The minimum Gasteiger partial charge on any atom is -0.461 e. The van der Waals surface area contributed by atoms with Crippen molar-refractivity contribution in [1.82, 2.24) is 4.57 Å². The highest BCUT2D eigenvalue weighted by atomic mass is 16.5. The lowest BCUT2D eigenvalue weighted by atomic mass is 9.44. The fourth-order valence-corrected chi connectivity index (χ4v) is 11.0. The molecule has 0 aliphatic heterocycles. The minimum atomic E-state index is -0.0726. The number of esters is 1. The maximum absolute atomic E-state index is 13.0. The van der Waals surface area contributed by atoms with Crippen LogP contribution in [-0.2, 0) is 16.1 Å². The van der Waals surface area contributed by atoms with Crippen LogP contribution in [0.1, 0.15) is 112 Å². The second-order valence-corrected chi connectivity index (χ2v) is 15.6. The van der Waals surface area contributed by atoms with E-state index in [9.17, 15) is 4.79 Å². The predicted molar refractivity (Wildman–Crippen MR) is 165 cm³/mol. The van der Waals surface area contributed by atoms with Gasteiger partial charge in [-0.2, -0.15) is 0 Å². The Morgan fingerprint density at radius 3 is 2.52 bits per heavy atom. The number of carbonyl (C=O) groups is 1. The van der Waals surface area contributed by atoms with Crippen molar-refractivity contribution in [2.45, 2.75) is 124 Å². The first-order valence-electron chi connectivity index (χ1n) is 16.9. The van der Waals surface area contributed by atoms with Gasteiger partial charge in [-0.05, 0) is 128 Å². The first-order valence-corrected chi connectivity index (χ1v) is 16.9. The standard InChI is InChI=1S/C37H55NO2/c1-25(2)9-8-10-26(3)31-15-16-32-30-14-13-28-23-29(17-20-36(28,4)33(30)18-21-37(31,32)5)40-35(39)24-38-22-19-27-11-6-7-12-34(27)38/h6-7,11-12,19,22,25-26,28-33H,8-10,13-18,20-21,23-24H2,1-5H3/t26-,28?,29?,30+,31-,32+,33+,36+,37-/m1/s1. The number of carbonyl (C=O) groups excluding carboxylic acids is 1. The van der Waals surface area contributed by atoms with Crippen LogP contribution in [-0.4, -0.2) is 16.6 Å². The molecule has 2 unspecified atom stereocenters. The first kappa shape index (κ1) is 28.4. The highest BCUT2D eigenvalue weighted by Gasteiger charge is 2.60. The van der Waals surface area contributed by atoms with Crippen LogP contribution in [0.2, 0.25) is 0 Å². The van der Waals surface area contributed by atoms with Gasteiger partial charge >= 0.3 is 5.97 Å². The van der Waals surface area contributed by atoms with Crippen LogP contribution in [0, 0.1) is 52.3 Å². The van der Waals surface area contributed by atoms with E-state index in [1.807, 2.05) is 22.9 Å². The molecule has 3 nitrogen and oxygen atoms in total. The Bertz CT molecular complexity index is 1180. The van der Waals surface area contributed by atoms with Gasteiger partial charge in [0.2, 0.25) is 0 Å². The molecule has 1 aromatic heterocycles. The third-order valence-electron chi connectivity index (χ3n) is 13.1. The van der Waals surface area contributed by atoms with E-state index >= 15 is 0 Å². The molecule has 9 atom stereocenters. The average molecular weight is 546 g/mol. The SMILES string of the molecule is CC(C)CCC[C@@H](C)[C@H]1CC[C@H]2[C@@H]3CCC4CC(OC(=O)Cn5ccc6ccccc65)CC[C@]4(C)[C@H]3CC[C@]12C. The fourth-order valence-electron chi connectivity index (χ4n) is 11.0. The first-order chi connectivity index (χ1) is 19.2. The van der Waals surface area contributed by atoms with E-state index < -0.39 is 0 Å². The Morgan fingerprint density at radius 2 is 1.70 bits per heavy atom. The van der Waals surface area contributed by atoms with Gasteiger partial charge < -0.3 is 9.30 Å². The zero-order chi connectivity index (χ0) is 28.1. The molecule has 4 fully saturated rings. The van der Waals surface area contributed by atoms with Gasteiger partial charge in [0.25, 0.3) is 0 Å². The summed E-state index contributed by atoms with van der Waals surface area (Å²) in [6, 6.07) is 10.4. The normalized spacial score (nSPS) is 38.0. The van der Waals surface area contributed by atoms with Crippen molar-refractivity contribution in [1.29, 1.82) is 0 Å². The molecule has 40 heavy (non-hydrogen) atoms. The highest BCUT2D eigenvalue weighted by molar-refractivity contribution is 5.81. The van der Waals surface area contributed by atoms with Gasteiger partial charge in [-0.25, -0.2) is 0 Å². The Labute approximate surface area is 243 Å². The molecule has 6 rings (SSSR count). The number of fused-ring (bicyclic) bond motifs is 6. The van der Waals surface area contributed by atoms with Gasteiger partial charge in [-0.1, -0.05) is 72.1 Å². The number of benzene rings is 1. The number of ether oxygens (including phenoxy) is 1. The van der Waals surface area contributed by atoms with Crippen molar-refractivity contribution in [3.05, 3.63) is 36.5 Å². The summed E-state index contributed by atoms with van der Waals surface area (Å²) in [5.74, 6) is 6.03. The molecule has 1 heterocycles. The van der Waals surface area contributed by atoms with Crippen LogP contribution in [0.5, 0.6) is 0 Å². The smallest absolute Gasteiger partial charge is 0.326 e. The second kappa shape index (κ2) is 11.1. The van der Waals surface area contributed by atoms with E-state index in [2.05, 4.69) is 52.8 Å². The van der Waals surface area contributed by atoms with Gasteiger partial charge in [0.05, 0.1) is 0 Å².